The molecule has 2 aromatic heterocycles. The Labute approximate surface area is 104 Å². The highest BCUT2D eigenvalue weighted by Crippen LogP contribution is 2.21. The quantitative estimate of drug-likeness (QED) is 0.764. The number of hydrogen-bond donors (Lipinski definition) is 0. The van der Waals surface area contributed by atoms with Crippen LogP contribution in [0.3, 0.4) is 0 Å². The van der Waals surface area contributed by atoms with Crippen molar-refractivity contribution in [3.8, 4) is 17.6 Å². The molecule has 2 heterocycles. The Morgan fingerprint density at radius 3 is 2.89 bits per heavy atom. The second kappa shape index (κ2) is 5.22. The molecule has 0 bridgehead atoms. The number of methoxy groups -OCH3 is 1. The largest absolute Gasteiger partial charge is 0.481 e. The highest BCUT2D eigenvalue weighted by molar-refractivity contribution is 5.76. The molecule has 6 heteroatoms. The van der Waals surface area contributed by atoms with Crippen LogP contribution >= 0.6 is 0 Å². The maximum Gasteiger partial charge on any atom is 0.325 e. The Morgan fingerprint density at radius 2 is 2.17 bits per heavy atom. The number of aromatic nitrogens is 3. The lowest BCUT2D eigenvalue weighted by atomic mass is 10.3. The SMILES string of the molecule is COc1cc(C)nc(Oc2cccnc2C=O)n1. The van der Waals surface area contributed by atoms with Crippen LogP contribution in [0.5, 0.6) is 17.6 Å². The van der Waals surface area contributed by atoms with Crippen molar-refractivity contribution in [2.45, 2.75) is 6.92 Å². The molecule has 0 aliphatic carbocycles. The third-order valence-electron chi connectivity index (χ3n) is 2.13. The molecule has 18 heavy (non-hydrogen) atoms. The zero-order chi connectivity index (χ0) is 13.0. The minimum atomic E-state index is 0.114. The van der Waals surface area contributed by atoms with Crippen LogP contribution in [0.1, 0.15) is 16.2 Å². The summed E-state index contributed by atoms with van der Waals surface area (Å²) in [5.74, 6) is 0.703. The molecule has 0 aliphatic rings. The minimum absolute atomic E-state index is 0.114. The molecule has 6 nitrogen and oxygen atoms in total. The lowest BCUT2D eigenvalue weighted by Gasteiger charge is -2.07. The van der Waals surface area contributed by atoms with Crippen LogP contribution < -0.4 is 9.47 Å². The summed E-state index contributed by atoms with van der Waals surface area (Å²) in [4.78, 5) is 22.8. The highest BCUT2D eigenvalue weighted by Gasteiger charge is 2.08. The second-order valence-corrected chi connectivity index (χ2v) is 3.44. The van der Waals surface area contributed by atoms with Crippen molar-refractivity contribution >= 4 is 6.29 Å². The Balaban J connectivity index is 2.33. The van der Waals surface area contributed by atoms with Crippen LogP contribution in [0.25, 0.3) is 0 Å². The summed E-state index contributed by atoms with van der Waals surface area (Å²) >= 11 is 0. The fraction of sp³-hybridized carbons (Fsp3) is 0.167. The number of aldehydes is 1. The van der Waals surface area contributed by atoms with Gasteiger partial charge in [-0.1, -0.05) is 0 Å². The van der Waals surface area contributed by atoms with Crippen LogP contribution in [0.2, 0.25) is 0 Å². The molecule has 2 rings (SSSR count). The van der Waals surface area contributed by atoms with Crippen molar-refractivity contribution in [3.63, 3.8) is 0 Å². The van der Waals surface area contributed by atoms with Gasteiger partial charge < -0.3 is 9.47 Å². The predicted molar refractivity (Wildman–Crippen MR) is 63.0 cm³/mol. The van der Waals surface area contributed by atoms with Gasteiger partial charge in [-0.25, -0.2) is 4.98 Å². The maximum absolute atomic E-state index is 10.8. The van der Waals surface area contributed by atoms with Crippen LogP contribution in [0.15, 0.2) is 24.4 Å². The van der Waals surface area contributed by atoms with Crippen LogP contribution in [0, 0.1) is 6.92 Å². The number of nitrogens with zero attached hydrogens (tertiary/aromatic N) is 3. The van der Waals surface area contributed by atoms with E-state index in [2.05, 4.69) is 15.0 Å². The van der Waals surface area contributed by atoms with Gasteiger partial charge in [0.1, 0.15) is 5.69 Å². The van der Waals surface area contributed by atoms with Crippen molar-refractivity contribution in [2.24, 2.45) is 0 Å². The molecule has 92 valence electrons. The topological polar surface area (TPSA) is 74.2 Å². The first-order chi connectivity index (χ1) is 8.72. The Kier molecular flexibility index (Phi) is 3.47. The first-order valence-electron chi connectivity index (χ1n) is 5.20. The van der Waals surface area contributed by atoms with Crippen molar-refractivity contribution < 1.29 is 14.3 Å². The van der Waals surface area contributed by atoms with Crippen LogP contribution in [-0.4, -0.2) is 28.3 Å². The van der Waals surface area contributed by atoms with E-state index in [0.717, 1.165) is 0 Å². The zero-order valence-corrected chi connectivity index (χ0v) is 9.95. The van der Waals surface area contributed by atoms with E-state index < -0.39 is 0 Å². The number of carbonyl (C=O) groups is 1. The van der Waals surface area contributed by atoms with Gasteiger partial charge in [-0.3, -0.25) is 4.79 Å². The smallest absolute Gasteiger partial charge is 0.325 e. The van der Waals surface area contributed by atoms with Gasteiger partial charge in [0.05, 0.1) is 7.11 Å². The average Bonchev–Trinajstić information content (AvgIpc) is 2.38. The lowest BCUT2D eigenvalue weighted by molar-refractivity contribution is 0.111. The number of pyridine rings is 1. The van der Waals surface area contributed by atoms with Gasteiger partial charge in [0.25, 0.3) is 0 Å². The van der Waals surface area contributed by atoms with Gasteiger partial charge in [-0.05, 0) is 19.1 Å². The third kappa shape index (κ3) is 2.60. The molecule has 0 saturated carbocycles. The Hall–Kier alpha value is -2.50. The van der Waals surface area contributed by atoms with Gasteiger partial charge in [-0.2, -0.15) is 9.97 Å². The zero-order valence-electron chi connectivity index (χ0n) is 9.95. The molecule has 0 atom stereocenters. The van der Waals surface area contributed by atoms with E-state index in [9.17, 15) is 4.79 Å². The van der Waals surface area contributed by atoms with Crippen molar-refractivity contribution in [1.29, 1.82) is 0 Å². The standard InChI is InChI=1S/C12H11N3O3/c1-8-6-11(17-2)15-12(14-8)18-10-4-3-5-13-9(10)7-16/h3-7H,1-2H3. The number of carbonyl (C=O) groups excluding carboxylic acids is 1. The molecule has 0 N–H and O–H groups in total. The van der Waals surface area contributed by atoms with E-state index >= 15 is 0 Å². The van der Waals surface area contributed by atoms with Gasteiger partial charge in [-0.15, -0.1) is 0 Å². The first-order valence-corrected chi connectivity index (χ1v) is 5.20. The number of ether oxygens (including phenoxy) is 2. The van der Waals surface area contributed by atoms with E-state index in [0.29, 0.717) is 23.6 Å². The molecule has 0 amide bonds. The molecule has 2 aromatic rings. The number of hydrogen-bond acceptors (Lipinski definition) is 6. The van der Waals surface area contributed by atoms with Gasteiger partial charge in [0, 0.05) is 18.0 Å². The van der Waals surface area contributed by atoms with Crippen LogP contribution in [0.4, 0.5) is 0 Å². The average molecular weight is 245 g/mol. The maximum atomic E-state index is 10.8. The summed E-state index contributed by atoms with van der Waals surface area (Å²) in [5.41, 5.74) is 0.898. The van der Waals surface area contributed by atoms with Gasteiger partial charge in [0.2, 0.25) is 5.88 Å². The predicted octanol–water partition coefficient (Wildman–Crippen LogP) is 1.79. The lowest BCUT2D eigenvalue weighted by Crippen LogP contribution is -1.99. The molecule has 0 fully saturated rings. The fourth-order valence-corrected chi connectivity index (χ4v) is 1.34. The van der Waals surface area contributed by atoms with E-state index in [4.69, 9.17) is 9.47 Å². The molecule has 0 saturated heterocycles. The summed E-state index contributed by atoms with van der Waals surface area (Å²) < 4.78 is 10.4. The number of aryl methyl sites for hydroxylation is 1. The van der Waals surface area contributed by atoms with Gasteiger partial charge in [0.15, 0.2) is 12.0 Å². The normalized spacial score (nSPS) is 9.89. The molecule has 0 aromatic carbocycles. The van der Waals surface area contributed by atoms with Crippen molar-refractivity contribution in [2.75, 3.05) is 7.11 Å². The van der Waals surface area contributed by atoms with E-state index in [1.807, 2.05) is 0 Å². The highest BCUT2D eigenvalue weighted by atomic mass is 16.5. The summed E-state index contributed by atoms with van der Waals surface area (Å²) in [5, 5.41) is 0. The summed E-state index contributed by atoms with van der Waals surface area (Å²) in [6.07, 6.45) is 2.12. The number of rotatable bonds is 4. The fourth-order valence-electron chi connectivity index (χ4n) is 1.34. The van der Waals surface area contributed by atoms with E-state index in [1.54, 1.807) is 25.1 Å². The minimum Gasteiger partial charge on any atom is -0.481 e. The second-order valence-electron chi connectivity index (χ2n) is 3.44. The summed E-state index contributed by atoms with van der Waals surface area (Å²) in [6.45, 7) is 1.79. The molecule has 0 aliphatic heterocycles. The van der Waals surface area contributed by atoms with Crippen LogP contribution in [-0.2, 0) is 0 Å². The van der Waals surface area contributed by atoms with Crippen molar-refractivity contribution in [3.05, 3.63) is 35.8 Å². The van der Waals surface area contributed by atoms with E-state index in [-0.39, 0.29) is 11.7 Å². The summed E-state index contributed by atoms with van der Waals surface area (Å²) in [6, 6.07) is 5.07. The Bertz CT molecular complexity index is 572. The van der Waals surface area contributed by atoms with E-state index in [1.165, 1.54) is 13.3 Å². The van der Waals surface area contributed by atoms with Crippen molar-refractivity contribution in [1.82, 2.24) is 15.0 Å². The van der Waals surface area contributed by atoms with Gasteiger partial charge >= 0.3 is 6.01 Å². The molecular formula is C12H11N3O3. The monoisotopic (exact) mass is 245 g/mol. The Morgan fingerprint density at radius 1 is 1.33 bits per heavy atom. The molecule has 0 spiro atoms. The molecular weight excluding hydrogens is 234 g/mol. The molecule has 0 unspecified atom stereocenters. The summed E-state index contributed by atoms with van der Waals surface area (Å²) in [7, 11) is 1.51. The molecule has 0 radical (unpaired) electrons. The first kappa shape index (κ1) is 12.0. The third-order valence-corrected chi connectivity index (χ3v) is 2.13.